The lowest BCUT2D eigenvalue weighted by Crippen LogP contribution is -2.31. The van der Waals surface area contributed by atoms with Crippen LogP contribution in [0.25, 0.3) is 0 Å². The summed E-state index contributed by atoms with van der Waals surface area (Å²) < 4.78 is 10.0. The van der Waals surface area contributed by atoms with Crippen LogP contribution in [0, 0.1) is 6.92 Å². The third-order valence-electron chi connectivity index (χ3n) is 4.33. The molecule has 1 aliphatic heterocycles. The molecule has 9 nitrogen and oxygen atoms in total. The first-order valence-corrected chi connectivity index (χ1v) is 8.89. The molecule has 1 aromatic heterocycles. The van der Waals surface area contributed by atoms with Crippen LogP contribution in [0.2, 0.25) is 0 Å². The minimum absolute atomic E-state index is 0.0606. The minimum atomic E-state index is -0.612. The summed E-state index contributed by atoms with van der Waals surface area (Å²) in [6.45, 7) is 1.71. The maximum Gasteiger partial charge on any atom is 0.337 e. The Morgan fingerprint density at radius 1 is 1.17 bits per heavy atom. The van der Waals surface area contributed by atoms with E-state index in [0.717, 1.165) is 0 Å². The van der Waals surface area contributed by atoms with Crippen molar-refractivity contribution in [2.75, 3.05) is 37.4 Å². The Kier molecular flexibility index (Phi) is 5.99. The van der Waals surface area contributed by atoms with E-state index in [2.05, 4.69) is 10.6 Å². The number of anilines is 2. The van der Waals surface area contributed by atoms with Crippen molar-refractivity contribution in [1.29, 1.82) is 0 Å². The Hall–Kier alpha value is -3.59. The lowest BCUT2D eigenvalue weighted by Gasteiger charge is -2.15. The Morgan fingerprint density at radius 3 is 2.45 bits per heavy atom. The van der Waals surface area contributed by atoms with Gasteiger partial charge in [-0.1, -0.05) is 0 Å². The van der Waals surface area contributed by atoms with Crippen LogP contribution in [-0.4, -0.2) is 54.6 Å². The predicted octanol–water partition coefficient (Wildman–Crippen LogP) is 1.51. The number of benzene rings is 1. The SMILES string of the molecule is COC(=O)C1=C(Nc2ccc(NC(=O)c3ccc(C)o3)cc2)C(=O)N(CCO)C1. The fourth-order valence-corrected chi connectivity index (χ4v) is 2.88. The molecule has 0 fully saturated rings. The number of amides is 2. The zero-order valence-corrected chi connectivity index (χ0v) is 16.0. The van der Waals surface area contributed by atoms with Crippen molar-refractivity contribution >= 4 is 29.2 Å². The van der Waals surface area contributed by atoms with E-state index in [1.807, 2.05) is 0 Å². The van der Waals surface area contributed by atoms with Gasteiger partial charge in [0.1, 0.15) is 11.5 Å². The fraction of sp³-hybridized carbons (Fsp3) is 0.250. The van der Waals surface area contributed by atoms with E-state index in [1.165, 1.54) is 12.0 Å². The molecule has 0 bridgehead atoms. The van der Waals surface area contributed by atoms with Crippen LogP contribution in [0.15, 0.2) is 52.1 Å². The molecule has 9 heteroatoms. The molecule has 3 rings (SSSR count). The largest absolute Gasteiger partial charge is 0.466 e. The molecule has 2 heterocycles. The lowest BCUT2D eigenvalue weighted by molar-refractivity contribution is -0.136. The molecular weight excluding hydrogens is 378 g/mol. The molecule has 1 aliphatic rings. The highest BCUT2D eigenvalue weighted by Crippen LogP contribution is 2.24. The fourth-order valence-electron chi connectivity index (χ4n) is 2.88. The van der Waals surface area contributed by atoms with Crippen molar-refractivity contribution in [3.63, 3.8) is 0 Å². The van der Waals surface area contributed by atoms with Crippen molar-refractivity contribution < 1.29 is 28.6 Å². The molecule has 0 saturated heterocycles. The van der Waals surface area contributed by atoms with Gasteiger partial charge in [-0.3, -0.25) is 9.59 Å². The summed E-state index contributed by atoms with van der Waals surface area (Å²) in [4.78, 5) is 38.0. The number of rotatable bonds is 7. The van der Waals surface area contributed by atoms with E-state index in [9.17, 15) is 14.4 Å². The van der Waals surface area contributed by atoms with Crippen LogP contribution in [0.1, 0.15) is 16.3 Å². The van der Waals surface area contributed by atoms with Crippen molar-refractivity contribution in [2.45, 2.75) is 6.92 Å². The van der Waals surface area contributed by atoms with Gasteiger partial charge in [-0.15, -0.1) is 0 Å². The number of hydrogen-bond acceptors (Lipinski definition) is 7. The van der Waals surface area contributed by atoms with Crippen molar-refractivity contribution in [1.82, 2.24) is 4.90 Å². The van der Waals surface area contributed by atoms with Gasteiger partial charge in [-0.25, -0.2) is 4.79 Å². The number of methoxy groups -OCH3 is 1. The van der Waals surface area contributed by atoms with Gasteiger partial charge in [0.2, 0.25) is 0 Å². The molecule has 0 spiro atoms. The number of hydrogen-bond donors (Lipinski definition) is 3. The lowest BCUT2D eigenvalue weighted by atomic mass is 10.2. The number of aliphatic hydroxyl groups is 1. The highest BCUT2D eigenvalue weighted by atomic mass is 16.5. The third-order valence-corrected chi connectivity index (χ3v) is 4.33. The molecule has 29 heavy (non-hydrogen) atoms. The van der Waals surface area contributed by atoms with Crippen LogP contribution in [0.3, 0.4) is 0 Å². The van der Waals surface area contributed by atoms with Gasteiger partial charge in [0, 0.05) is 17.9 Å². The first-order valence-electron chi connectivity index (χ1n) is 8.89. The highest BCUT2D eigenvalue weighted by Gasteiger charge is 2.34. The molecule has 0 radical (unpaired) electrons. The molecule has 0 aliphatic carbocycles. The molecule has 3 N–H and O–H groups in total. The molecule has 0 atom stereocenters. The quantitative estimate of drug-likeness (QED) is 0.604. The number of aryl methyl sites for hydroxylation is 1. The van der Waals surface area contributed by atoms with Crippen molar-refractivity contribution in [3.8, 4) is 0 Å². The van der Waals surface area contributed by atoms with E-state index < -0.39 is 11.9 Å². The van der Waals surface area contributed by atoms with Crippen LogP contribution in [0.4, 0.5) is 11.4 Å². The van der Waals surface area contributed by atoms with E-state index in [-0.39, 0.29) is 42.6 Å². The second kappa shape index (κ2) is 8.61. The molecule has 0 saturated carbocycles. The molecule has 152 valence electrons. The summed E-state index contributed by atoms with van der Waals surface area (Å²) in [6.07, 6.45) is 0. The topological polar surface area (TPSA) is 121 Å². The normalized spacial score (nSPS) is 13.6. The summed E-state index contributed by atoms with van der Waals surface area (Å²) in [6, 6.07) is 9.91. The highest BCUT2D eigenvalue weighted by molar-refractivity contribution is 6.08. The number of aliphatic hydroxyl groups excluding tert-OH is 1. The van der Waals surface area contributed by atoms with Gasteiger partial charge in [0.05, 0.1) is 25.8 Å². The minimum Gasteiger partial charge on any atom is -0.466 e. The van der Waals surface area contributed by atoms with Crippen LogP contribution >= 0.6 is 0 Å². The Labute approximate surface area is 166 Å². The van der Waals surface area contributed by atoms with E-state index in [1.54, 1.807) is 43.3 Å². The van der Waals surface area contributed by atoms with E-state index in [4.69, 9.17) is 14.3 Å². The molecule has 2 amide bonds. The number of ether oxygens (including phenoxy) is 1. The predicted molar refractivity (Wildman–Crippen MR) is 104 cm³/mol. The van der Waals surface area contributed by atoms with Gasteiger partial charge < -0.3 is 29.8 Å². The summed E-state index contributed by atoms with van der Waals surface area (Å²) >= 11 is 0. The number of carbonyl (C=O) groups excluding carboxylic acids is 3. The maximum atomic E-state index is 12.5. The number of nitrogens with zero attached hydrogens (tertiary/aromatic N) is 1. The number of β-amino-alcohol motifs (C(OH)–C–C–N with tert-alkyl or cyclic N) is 1. The second-order valence-electron chi connectivity index (χ2n) is 6.36. The van der Waals surface area contributed by atoms with Gasteiger partial charge in [-0.2, -0.15) is 0 Å². The molecule has 1 aromatic carbocycles. The molecule has 2 aromatic rings. The third kappa shape index (κ3) is 4.46. The summed E-state index contributed by atoms with van der Waals surface area (Å²) in [5.41, 5.74) is 1.38. The smallest absolute Gasteiger partial charge is 0.337 e. The van der Waals surface area contributed by atoms with Gasteiger partial charge in [0.25, 0.3) is 11.8 Å². The van der Waals surface area contributed by atoms with Crippen LogP contribution < -0.4 is 10.6 Å². The summed E-state index contributed by atoms with van der Waals surface area (Å²) in [5, 5.41) is 14.7. The Morgan fingerprint density at radius 2 is 1.86 bits per heavy atom. The van der Waals surface area contributed by atoms with Gasteiger partial charge in [-0.05, 0) is 43.3 Å². The number of nitrogens with one attached hydrogen (secondary N) is 2. The summed E-state index contributed by atoms with van der Waals surface area (Å²) in [7, 11) is 1.24. The average molecular weight is 399 g/mol. The molecule has 0 unspecified atom stereocenters. The zero-order valence-electron chi connectivity index (χ0n) is 16.0. The van der Waals surface area contributed by atoms with Gasteiger partial charge in [0.15, 0.2) is 5.76 Å². The van der Waals surface area contributed by atoms with Crippen LogP contribution in [0.5, 0.6) is 0 Å². The monoisotopic (exact) mass is 399 g/mol. The second-order valence-corrected chi connectivity index (χ2v) is 6.36. The van der Waals surface area contributed by atoms with Crippen molar-refractivity contribution in [2.24, 2.45) is 0 Å². The standard InChI is InChI=1S/C20H21N3O6/c1-12-3-8-16(29-12)18(25)22-14-6-4-13(5-7-14)21-17-15(20(27)28-2)11-23(9-10-24)19(17)26/h3-8,21,24H,9-11H2,1-2H3,(H,22,25). The first-order chi connectivity index (χ1) is 13.9. The number of furan rings is 1. The number of esters is 1. The van der Waals surface area contributed by atoms with Crippen molar-refractivity contribution in [3.05, 3.63) is 59.2 Å². The van der Waals surface area contributed by atoms with E-state index in [0.29, 0.717) is 17.1 Å². The maximum absolute atomic E-state index is 12.5. The van der Waals surface area contributed by atoms with Gasteiger partial charge >= 0.3 is 5.97 Å². The molecular formula is C20H21N3O6. The summed E-state index contributed by atoms with van der Waals surface area (Å²) in [5.74, 6) is -0.539. The van der Waals surface area contributed by atoms with E-state index >= 15 is 0 Å². The Balaban J connectivity index is 1.73. The Bertz CT molecular complexity index is 961. The first kappa shape index (κ1) is 20.2. The zero-order chi connectivity index (χ0) is 21.0. The number of carbonyl (C=O) groups is 3. The average Bonchev–Trinajstić information content (AvgIpc) is 3.28. The van der Waals surface area contributed by atoms with Crippen LogP contribution in [-0.2, 0) is 14.3 Å².